The molecule has 0 fully saturated rings. The van der Waals surface area contributed by atoms with Crippen LogP contribution in [-0.4, -0.2) is 33.9 Å². The second-order valence-corrected chi connectivity index (χ2v) is 12.3. The molecule has 0 spiro atoms. The van der Waals surface area contributed by atoms with Gasteiger partial charge < -0.3 is 15.4 Å². The number of ether oxygens (including phenoxy) is 1. The van der Waals surface area contributed by atoms with Crippen LogP contribution in [0.15, 0.2) is 108 Å². The van der Waals surface area contributed by atoms with Gasteiger partial charge in [0.2, 0.25) is 5.91 Å². The van der Waals surface area contributed by atoms with Crippen LogP contribution in [0, 0.1) is 0 Å². The van der Waals surface area contributed by atoms with Crippen molar-refractivity contribution in [2.45, 2.75) is 31.1 Å². The van der Waals surface area contributed by atoms with E-state index in [9.17, 15) is 18.0 Å². The minimum Gasteiger partial charge on any atom is -0.495 e. The van der Waals surface area contributed by atoms with Crippen molar-refractivity contribution in [2.75, 3.05) is 28.6 Å². The van der Waals surface area contributed by atoms with Gasteiger partial charge in [-0.25, -0.2) is 8.42 Å². The molecular formula is C32H33N3O5S. The number of para-hydroxylation sites is 2. The van der Waals surface area contributed by atoms with Crippen LogP contribution in [-0.2, 0) is 20.2 Å². The van der Waals surface area contributed by atoms with Crippen molar-refractivity contribution in [2.24, 2.45) is 0 Å². The summed E-state index contributed by atoms with van der Waals surface area (Å²) in [6, 6.07) is 28.6. The normalized spacial score (nSPS) is 11.4. The van der Waals surface area contributed by atoms with E-state index in [1.165, 1.54) is 19.2 Å². The Morgan fingerprint density at radius 3 is 2.02 bits per heavy atom. The zero-order chi connectivity index (χ0) is 29.6. The molecule has 2 amide bonds. The summed E-state index contributed by atoms with van der Waals surface area (Å²) in [5, 5.41) is 5.59. The molecule has 0 atom stereocenters. The van der Waals surface area contributed by atoms with Gasteiger partial charge in [-0.1, -0.05) is 69.3 Å². The van der Waals surface area contributed by atoms with Gasteiger partial charge in [-0.15, -0.1) is 0 Å². The van der Waals surface area contributed by atoms with E-state index in [0.717, 1.165) is 9.87 Å². The first-order valence-corrected chi connectivity index (χ1v) is 14.5. The standard InChI is InChI=1S/C32H33N3O5S/c1-32(2,3)24-19-17-23(18-20-24)31(37)34-26-12-10-11-25(21-26)33-30(36)22-35(28-15-8-9-16-29(28)40-4)41(38,39)27-13-6-5-7-14-27/h5-21H,22H2,1-4H3,(H,33,36)(H,34,37). The number of hydrogen-bond acceptors (Lipinski definition) is 5. The van der Waals surface area contributed by atoms with Crippen LogP contribution in [0.2, 0.25) is 0 Å². The van der Waals surface area contributed by atoms with E-state index in [1.54, 1.807) is 78.9 Å². The monoisotopic (exact) mass is 571 g/mol. The third kappa shape index (κ3) is 7.12. The summed E-state index contributed by atoms with van der Waals surface area (Å²) in [7, 11) is -2.67. The minimum absolute atomic E-state index is 0.0246. The molecule has 212 valence electrons. The van der Waals surface area contributed by atoms with E-state index in [2.05, 4.69) is 31.4 Å². The van der Waals surface area contributed by atoms with Crippen LogP contribution < -0.4 is 19.7 Å². The van der Waals surface area contributed by atoms with Crippen molar-refractivity contribution >= 4 is 38.9 Å². The molecule has 0 aliphatic heterocycles. The number of carbonyl (C=O) groups is 2. The zero-order valence-corrected chi connectivity index (χ0v) is 24.2. The Morgan fingerprint density at radius 1 is 0.780 bits per heavy atom. The summed E-state index contributed by atoms with van der Waals surface area (Å²) in [5.74, 6) is -0.554. The second kappa shape index (κ2) is 12.3. The Bertz CT molecular complexity index is 1630. The Labute approximate surface area is 241 Å². The number of sulfonamides is 1. The van der Waals surface area contributed by atoms with Crippen LogP contribution in [0.5, 0.6) is 5.75 Å². The summed E-state index contributed by atoms with van der Waals surface area (Å²) < 4.78 is 33.6. The quantitative estimate of drug-likeness (QED) is 0.253. The largest absolute Gasteiger partial charge is 0.495 e. The molecule has 0 aliphatic carbocycles. The highest BCUT2D eigenvalue weighted by Crippen LogP contribution is 2.32. The first kappa shape index (κ1) is 29.4. The van der Waals surface area contributed by atoms with E-state index in [-0.39, 0.29) is 21.9 Å². The van der Waals surface area contributed by atoms with Crippen molar-refractivity contribution in [1.29, 1.82) is 0 Å². The lowest BCUT2D eigenvalue weighted by molar-refractivity contribution is -0.114. The topological polar surface area (TPSA) is 105 Å². The van der Waals surface area contributed by atoms with Gasteiger partial charge in [0, 0.05) is 16.9 Å². The van der Waals surface area contributed by atoms with Gasteiger partial charge in [-0.2, -0.15) is 0 Å². The van der Waals surface area contributed by atoms with Gasteiger partial charge in [0.05, 0.1) is 17.7 Å². The highest BCUT2D eigenvalue weighted by Gasteiger charge is 2.29. The summed E-state index contributed by atoms with van der Waals surface area (Å²) in [4.78, 5) is 26.1. The van der Waals surface area contributed by atoms with Crippen molar-refractivity contribution in [1.82, 2.24) is 0 Å². The molecule has 0 saturated carbocycles. The van der Waals surface area contributed by atoms with E-state index < -0.39 is 22.5 Å². The number of methoxy groups -OCH3 is 1. The smallest absolute Gasteiger partial charge is 0.264 e. The minimum atomic E-state index is -4.11. The van der Waals surface area contributed by atoms with E-state index >= 15 is 0 Å². The molecule has 8 nitrogen and oxygen atoms in total. The lowest BCUT2D eigenvalue weighted by Crippen LogP contribution is -2.38. The molecule has 4 aromatic carbocycles. The molecule has 41 heavy (non-hydrogen) atoms. The second-order valence-electron chi connectivity index (χ2n) is 10.4. The Hall–Kier alpha value is -4.63. The van der Waals surface area contributed by atoms with E-state index in [0.29, 0.717) is 22.7 Å². The van der Waals surface area contributed by atoms with Gasteiger partial charge in [0.1, 0.15) is 12.3 Å². The molecule has 0 bridgehead atoms. The highest BCUT2D eigenvalue weighted by atomic mass is 32.2. The predicted molar refractivity (Wildman–Crippen MR) is 162 cm³/mol. The van der Waals surface area contributed by atoms with Crippen LogP contribution in [0.3, 0.4) is 0 Å². The fourth-order valence-electron chi connectivity index (χ4n) is 4.19. The van der Waals surface area contributed by atoms with Gasteiger partial charge in [0.15, 0.2) is 0 Å². The molecule has 0 aromatic heterocycles. The predicted octanol–water partition coefficient (Wildman–Crippen LogP) is 6.08. The third-order valence-corrected chi connectivity index (χ3v) is 8.16. The molecular weight excluding hydrogens is 538 g/mol. The lowest BCUT2D eigenvalue weighted by atomic mass is 9.87. The number of anilines is 3. The maximum Gasteiger partial charge on any atom is 0.264 e. The molecule has 0 aliphatic rings. The van der Waals surface area contributed by atoms with Gasteiger partial charge in [0.25, 0.3) is 15.9 Å². The van der Waals surface area contributed by atoms with Crippen LogP contribution in [0.25, 0.3) is 0 Å². The Balaban J connectivity index is 1.52. The first-order chi connectivity index (χ1) is 19.5. The maximum absolute atomic E-state index is 13.6. The van der Waals surface area contributed by atoms with Crippen molar-refractivity contribution in [3.05, 3.63) is 114 Å². The molecule has 0 heterocycles. The van der Waals surface area contributed by atoms with Gasteiger partial charge in [-0.3, -0.25) is 13.9 Å². The van der Waals surface area contributed by atoms with Gasteiger partial charge in [-0.05, 0) is 65.6 Å². The van der Waals surface area contributed by atoms with Gasteiger partial charge >= 0.3 is 0 Å². The number of amides is 2. The Morgan fingerprint density at radius 2 is 1.39 bits per heavy atom. The van der Waals surface area contributed by atoms with E-state index in [4.69, 9.17) is 4.74 Å². The van der Waals surface area contributed by atoms with Crippen molar-refractivity contribution in [3.8, 4) is 5.75 Å². The molecule has 4 aromatic rings. The van der Waals surface area contributed by atoms with Crippen molar-refractivity contribution in [3.63, 3.8) is 0 Å². The average molecular weight is 572 g/mol. The number of carbonyl (C=O) groups excluding carboxylic acids is 2. The molecule has 9 heteroatoms. The molecule has 2 N–H and O–H groups in total. The average Bonchev–Trinajstić information content (AvgIpc) is 2.96. The number of nitrogens with one attached hydrogen (secondary N) is 2. The van der Waals surface area contributed by atoms with Crippen molar-refractivity contribution < 1.29 is 22.7 Å². The summed E-state index contributed by atoms with van der Waals surface area (Å²) in [5.41, 5.74) is 2.70. The lowest BCUT2D eigenvalue weighted by Gasteiger charge is -2.25. The first-order valence-electron chi connectivity index (χ1n) is 13.0. The zero-order valence-electron chi connectivity index (χ0n) is 23.4. The third-order valence-electron chi connectivity index (χ3n) is 6.39. The summed E-state index contributed by atoms with van der Waals surface area (Å²) >= 11 is 0. The van der Waals surface area contributed by atoms with Crippen LogP contribution in [0.1, 0.15) is 36.7 Å². The highest BCUT2D eigenvalue weighted by molar-refractivity contribution is 7.92. The fraction of sp³-hybridized carbons (Fsp3) is 0.188. The SMILES string of the molecule is COc1ccccc1N(CC(=O)Nc1cccc(NC(=O)c2ccc(C(C)(C)C)cc2)c1)S(=O)(=O)c1ccccc1. The van der Waals surface area contributed by atoms with E-state index in [1.807, 2.05) is 12.1 Å². The number of nitrogens with zero attached hydrogens (tertiary/aromatic N) is 1. The fourth-order valence-corrected chi connectivity index (χ4v) is 5.64. The maximum atomic E-state index is 13.6. The van der Waals surface area contributed by atoms with Crippen LogP contribution in [0.4, 0.5) is 17.1 Å². The number of benzene rings is 4. The number of rotatable bonds is 9. The number of hydrogen-bond donors (Lipinski definition) is 2. The molecule has 0 unspecified atom stereocenters. The molecule has 0 radical (unpaired) electrons. The van der Waals surface area contributed by atoms with Crippen LogP contribution >= 0.6 is 0 Å². The summed E-state index contributed by atoms with van der Waals surface area (Å²) in [6.45, 7) is 5.81. The molecule has 4 rings (SSSR count). The Kier molecular flexibility index (Phi) is 8.78. The molecule has 0 saturated heterocycles. The summed E-state index contributed by atoms with van der Waals surface area (Å²) in [6.07, 6.45) is 0.